The number of hydrogen-bond donors (Lipinski definition) is 2. The predicted octanol–water partition coefficient (Wildman–Crippen LogP) is 3.74. The molecular formula is C15H15ClN2O. The van der Waals surface area contributed by atoms with Crippen molar-refractivity contribution in [1.82, 2.24) is 0 Å². The van der Waals surface area contributed by atoms with E-state index in [1.165, 1.54) is 5.56 Å². The van der Waals surface area contributed by atoms with E-state index in [4.69, 9.17) is 17.3 Å². The first-order valence-electron chi connectivity index (χ1n) is 6.05. The molecule has 0 aliphatic rings. The Hall–Kier alpha value is -2.00. The Labute approximate surface area is 117 Å². The number of hydrogen-bond acceptors (Lipinski definition) is 2. The molecule has 0 fully saturated rings. The van der Waals surface area contributed by atoms with Crippen molar-refractivity contribution < 1.29 is 4.79 Å². The maximum atomic E-state index is 12.1. The van der Waals surface area contributed by atoms with E-state index in [1.54, 1.807) is 18.2 Å². The van der Waals surface area contributed by atoms with Crippen molar-refractivity contribution in [3.8, 4) is 0 Å². The summed E-state index contributed by atoms with van der Waals surface area (Å²) >= 11 is 5.99. The van der Waals surface area contributed by atoms with E-state index >= 15 is 0 Å². The van der Waals surface area contributed by atoms with Crippen LogP contribution in [-0.4, -0.2) is 5.91 Å². The number of nitrogens with one attached hydrogen (secondary N) is 1. The van der Waals surface area contributed by atoms with Gasteiger partial charge in [-0.1, -0.05) is 30.7 Å². The fourth-order valence-electron chi connectivity index (χ4n) is 1.74. The number of nitrogens with two attached hydrogens (primary N) is 1. The number of carbonyl (C=O) groups excluding carboxylic acids is 1. The van der Waals surface area contributed by atoms with Crippen LogP contribution in [0.5, 0.6) is 0 Å². The molecule has 3 nitrogen and oxygen atoms in total. The monoisotopic (exact) mass is 274 g/mol. The molecule has 0 saturated heterocycles. The van der Waals surface area contributed by atoms with Crippen LogP contribution in [0.4, 0.5) is 11.4 Å². The maximum absolute atomic E-state index is 12.1. The molecule has 2 rings (SSSR count). The lowest BCUT2D eigenvalue weighted by molar-refractivity contribution is 0.102. The van der Waals surface area contributed by atoms with Gasteiger partial charge in [-0.15, -0.1) is 0 Å². The van der Waals surface area contributed by atoms with Gasteiger partial charge < -0.3 is 11.1 Å². The van der Waals surface area contributed by atoms with Crippen LogP contribution in [0.15, 0.2) is 42.5 Å². The highest BCUT2D eigenvalue weighted by Crippen LogP contribution is 2.20. The molecule has 2 aromatic rings. The molecule has 0 heterocycles. The molecule has 0 saturated carbocycles. The van der Waals surface area contributed by atoms with Gasteiger partial charge in [-0.2, -0.15) is 0 Å². The van der Waals surface area contributed by atoms with Crippen molar-refractivity contribution in [2.24, 2.45) is 0 Å². The standard InChI is InChI=1S/C15H15ClN2O/c1-2-10-3-6-12(7-4-10)18-15(19)13-9-11(17)5-8-14(13)16/h3-9H,2,17H2,1H3,(H,18,19). The van der Waals surface area contributed by atoms with E-state index in [0.717, 1.165) is 12.1 Å². The van der Waals surface area contributed by atoms with Crippen molar-refractivity contribution in [3.05, 3.63) is 58.6 Å². The Morgan fingerprint density at radius 2 is 1.89 bits per heavy atom. The van der Waals surface area contributed by atoms with Crippen LogP contribution in [0.25, 0.3) is 0 Å². The third-order valence-corrected chi connectivity index (χ3v) is 3.18. The van der Waals surface area contributed by atoms with Crippen molar-refractivity contribution in [2.45, 2.75) is 13.3 Å². The number of benzene rings is 2. The number of amides is 1. The molecule has 0 radical (unpaired) electrons. The van der Waals surface area contributed by atoms with Gasteiger partial charge in [0.05, 0.1) is 10.6 Å². The summed E-state index contributed by atoms with van der Waals surface area (Å²) in [5.41, 5.74) is 8.50. The molecule has 0 bridgehead atoms. The first kappa shape index (κ1) is 13.4. The van der Waals surface area contributed by atoms with Gasteiger partial charge in [0.15, 0.2) is 0 Å². The summed E-state index contributed by atoms with van der Waals surface area (Å²) in [6.07, 6.45) is 0.968. The molecule has 0 aliphatic carbocycles. The lowest BCUT2D eigenvalue weighted by Gasteiger charge is -2.08. The molecule has 4 heteroatoms. The van der Waals surface area contributed by atoms with E-state index in [0.29, 0.717) is 16.3 Å². The van der Waals surface area contributed by atoms with Crippen LogP contribution >= 0.6 is 11.6 Å². The number of carbonyl (C=O) groups is 1. The Morgan fingerprint density at radius 1 is 1.21 bits per heavy atom. The van der Waals surface area contributed by atoms with Crippen LogP contribution in [0.1, 0.15) is 22.8 Å². The van der Waals surface area contributed by atoms with E-state index < -0.39 is 0 Å². The minimum atomic E-state index is -0.262. The normalized spacial score (nSPS) is 10.2. The smallest absolute Gasteiger partial charge is 0.257 e. The summed E-state index contributed by atoms with van der Waals surface area (Å²) in [7, 11) is 0. The average Bonchev–Trinajstić information content (AvgIpc) is 2.42. The zero-order valence-electron chi connectivity index (χ0n) is 10.6. The second-order valence-electron chi connectivity index (χ2n) is 4.24. The summed E-state index contributed by atoms with van der Waals surface area (Å²) < 4.78 is 0. The molecule has 0 spiro atoms. The van der Waals surface area contributed by atoms with Gasteiger partial charge in [0.1, 0.15) is 0 Å². The van der Waals surface area contributed by atoms with E-state index in [9.17, 15) is 4.79 Å². The second-order valence-corrected chi connectivity index (χ2v) is 4.65. The zero-order chi connectivity index (χ0) is 13.8. The van der Waals surface area contributed by atoms with Crippen molar-refractivity contribution >= 4 is 28.9 Å². The molecular weight excluding hydrogens is 260 g/mol. The van der Waals surface area contributed by atoms with Gasteiger partial charge in [0.2, 0.25) is 0 Å². The van der Waals surface area contributed by atoms with Crippen LogP contribution in [0.2, 0.25) is 5.02 Å². The van der Waals surface area contributed by atoms with Crippen LogP contribution < -0.4 is 11.1 Å². The third kappa shape index (κ3) is 3.26. The fourth-order valence-corrected chi connectivity index (χ4v) is 1.94. The first-order valence-corrected chi connectivity index (χ1v) is 6.43. The van der Waals surface area contributed by atoms with Gasteiger partial charge in [0, 0.05) is 11.4 Å². The largest absolute Gasteiger partial charge is 0.399 e. The number of rotatable bonds is 3. The number of anilines is 2. The van der Waals surface area contributed by atoms with Gasteiger partial charge in [0.25, 0.3) is 5.91 Å². The Kier molecular flexibility index (Phi) is 4.07. The Morgan fingerprint density at radius 3 is 2.53 bits per heavy atom. The van der Waals surface area contributed by atoms with E-state index in [1.807, 2.05) is 24.3 Å². The SMILES string of the molecule is CCc1ccc(NC(=O)c2cc(N)ccc2Cl)cc1. The first-order chi connectivity index (χ1) is 9.10. The molecule has 19 heavy (non-hydrogen) atoms. The molecule has 1 amide bonds. The van der Waals surface area contributed by atoms with Crippen molar-refractivity contribution in [1.29, 1.82) is 0 Å². The highest BCUT2D eigenvalue weighted by Gasteiger charge is 2.10. The predicted molar refractivity (Wildman–Crippen MR) is 79.6 cm³/mol. The van der Waals surface area contributed by atoms with Crippen LogP contribution in [0.3, 0.4) is 0 Å². The Balaban J connectivity index is 2.18. The summed E-state index contributed by atoms with van der Waals surface area (Å²) in [4.78, 5) is 12.1. The quantitative estimate of drug-likeness (QED) is 0.838. The van der Waals surface area contributed by atoms with E-state index in [-0.39, 0.29) is 5.91 Å². The summed E-state index contributed by atoms with van der Waals surface area (Å²) in [5, 5.41) is 3.18. The topological polar surface area (TPSA) is 55.1 Å². The maximum Gasteiger partial charge on any atom is 0.257 e. The number of aryl methyl sites for hydroxylation is 1. The molecule has 0 unspecified atom stereocenters. The summed E-state index contributed by atoms with van der Waals surface area (Å²) in [5.74, 6) is -0.262. The molecule has 0 aliphatic heterocycles. The van der Waals surface area contributed by atoms with Crippen molar-refractivity contribution in [2.75, 3.05) is 11.1 Å². The fraction of sp³-hybridized carbons (Fsp3) is 0.133. The summed E-state index contributed by atoms with van der Waals surface area (Å²) in [6, 6.07) is 12.6. The van der Waals surface area contributed by atoms with Crippen LogP contribution in [-0.2, 0) is 6.42 Å². The average molecular weight is 275 g/mol. The molecule has 2 aromatic carbocycles. The number of halogens is 1. The van der Waals surface area contributed by atoms with Gasteiger partial charge in [-0.25, -0.2) is 0 Å². The van der Waals surface area contributed by atoms with Gasteiger partial charge >= 0.3 is 0 Å². The molecule has 3 N–H and O–H groups in total. The molecule has 0 atom stereocenters. The molecule has 0 aromatic heterocycles. The highest BCUT2D eigenvalue weighted by atomic mass is 35.5. The highest BCUT2D eigenvalue weighted by molar-refractivity contribution is 6.34. The van der Waals surface area contributed by atoms with Gasteiger partial charge in [-0.3, -0.25) is 4.79 Å². The minimum Gasteiger partial charge on any atom is -0.399 e. The lowest BCUT2D eigenvalue weighted by Crippen LogP contribution is -2.12. The lowest BCUT2D eigenvalue weighted by atomic mass is 10.1. The summed E-state index contributed by atoms with van der Waals surface area (Å²) in [6.45, 7) is 2.08. The third-order valence-electron chi connectivity index (χ3n) is 2.86. The number of nitrogen functional groups attached to an aromatic ring is 1. The molecule has 98 valence electrons. The van der Waals surface area contributed by atoms with Crippen molar-refractivity contribution in [3.63, 3.8) is 0 Å². The van der Waals surface area contributed by atoms with Crippen LogP contribution in [0, 0.1) is 0 Å². The van der Waals surface area contributed by atoms with E-state index in [2.05, 4.69) is 12.2 Å². The zero-order valence-corrected chi connectivity index (χ0v) is 11.4. The minimum absolute atomic E-state index is 0.262. The van der Waals surface area contributed by atoms with Gasteiger partial charge in [-0.05, 0) is 42.3 Å². The Bertz CT molecular complexity index is 594. The second kappa shape index (κ2) is 5.76.